The molecule has 142 valence electrons. The SMILES string of the molecule is Cc1cccc(N2CCN(CCCN3CCC4(CC3)CC4)C(=O)C2C)c1. The largest absolute Gasteiger partial charge is 0.358 e. The van der Waals surface area contributed by atoms with Gasteiger partial charge in [0.2, 0.25) is 5.91 Å². The van der Waals surface area contributed by atoms with Gasteiger partial charge in [-0.2, -0.15) is 0 Å². The van der Waals surface area contributed by atoms with Gasteiger partial charge in [-0.05, 0) is 88.7 Å². The fourth-order valence-corrected chi connectivity index (χ4v) is 4.72. The minimum atomic E-state index is -0.0599. The first-order valence-electron chi connectivity index (χ1n) is 10.4. The fourth-order valence-electron chi connectivity index (χ4n) is 4.72. The molecular weight excluding hydrogens is 322 g/mol. The van der Waals surface area contributed by atoms with E-state index in [-0.39, 0.29) is 11.9 Å². The Bertz CT molecular complexity index is 645. The second-order valence-corrected chi connectivity index (χ2v) is 8.73. The van der Waals surface area contributed by atoms with Crippen molar-refractivity contribution in [2.75, 3.05) is 44.2 Å². The summed E-state index contributed by atoms with van der Waals surface area (Å²) < 4.78 is 0. The topological polar surface area (TPSA) is 26.8 Å². The van der Waals surface area contributed by atoms with Crippen LogP contribution in [0.2, 0.25) is 0 Å². The number of anilines is 1. The van der Waals surface area contributed by atoms with E-state index in [1.54, 1.807) is 0 Å². The molecule has 4 nitrogen and oxygen atoms in total. The Balaban J connectivity index is 1.25. The molecule has 1 aliphatic carbocycles. The monoisotopic (exact) mass is 355 g/mol. The lowest BCUT2D eigenvalue weighted by Gasteiger charge is -2.41. The molecule has 1 saturated carbocycles. The molecule has 1 aromatic rings. The highest BCUT2D eigenvalue weighted by molar-refractivity contribution is 5.86. The Morgan fingerprint density at radius 3 is 2.50 bits per heavy atom. The molecule has 4 rings (SSSR count). The van der Waals surface area contributed by atoms with E-state index in [0.717, 1.165) is 38.0 Å². The molecule has 1 amide bonds. The lowest BCUT2D eigenvalue weighted by Crippen LogP contribution is -2.56. The van der Waals surface area contributed by atoms with Gasteiger partial charge in [0, 0.05) is 25.3 Å². The van der Waals surface area contributed by atoms with E-state index in [9.17, 15) is 4.79 Å². The molecule has 0 N–H and O–H groups in total. The van der Waals surface area contributed by atoms with Crippen molar-refractivity contribution in [3.8, 4) is 0 Å². The molecular formula is C22H33N3O. The van der Waals surface area contributed by atoms with E-state index in [2.05, 4.69) is 52.8 Å². The van der Waals surface area contributed by atoms with Crippen LogP contribution >= 0.6 is 0 Å². The summed E-state index contributed by atoms with van der Waals surface area (Å²) in [4.78, 5) is 19.8. The van der Waals surface area contributed by atoms with Gasteiger partial charge in [-0.25, -0.2) is 0 Å². The van der Waals surface area contributed by atoms with E-state index in [1.807, 2.05) is 0 Å². The van der Waals surface area contributed by atoms with Crippen LogP contribution in [0.1, 0.15) is 44.6 Å². The maximum Gasteiger partial charge on any atom is 0.245 e. The Labute approximate surface area is 158 Å². The maximum absolute atomic E-state index is 12.8. The highest BCUT2D eigenvalue weighted by Gasteiger charge is 2.44. The van der Waals surface area contributed by atoms with E-state index < -0.39 is 0 Å². The third kappa shape index (κ3) is 3.75. The second kappa shape index (κ2) is 7.22. The second-order valence-electron chi connectivity index (χ2n) is 8.73. The van der Waals surface area contributed by atoms with Crippen molar-refractivity contribution in [2.45, 2.75) is 52.0 Å². The molecule has 1 spiro atoms. The molecule has 2 heterocycles. The molecule has 26 heavy (non-hydrogen) atoms. The molecule has 2 saturated heterocycles. The maximum atomic E-state index is 12.8. The molecule has 0 radical (unpaired) electrons. The Hall–Kier alpha value is -1.55. The first-order valence-corrected chi connectivity index (χ1v) is 10.4. The number of benzene rings is 1. The van der Waals surface area contributed by atoms with Gasteiger partial charge in [0.15, 0.2) is 0 Å². The van der Waals surface area contributed by atoms with Crippen LogP contribution < -0.4 is 4.90 Å². The van der Waals surface area contributed by atoms with Crippen molar-refractivity contribution in [1.82, 2.24) is 9.80 Å². The lowest BCUT2D eigenvalue weighted by atomic mass is 9.94. The number of amides is 1. The summed E-state index contributed by atoms with van der Waals surface area (Å²) in [7, 11) is 0. The van der Waals surface area contributed by atoms with Gasteiger partial charge in [-0.15, -0.1) is 0 Å². The molecule has 2 aliphatic heterocycles. The van der Waals surface area contributed by atoms with Crippen LogP contribution in [-0.4, -0.2) is 61.0 Å². The number of nitrogens with zero attached hydrogens (tertiary/aromatic N) is 3. The van der Waals surface area contributed by atoms with E-state index >= 15 is 0 Å². The van der Waals surface area contributed by atoms with Crippen LogP contribution in [0, 0.1) is 12.3 Å². The molecule has 0 bridgehead atoms. The highest BCUT2D eigenvalue weighted by atomic mass is 16.2. The number of hydrogen-bond donors (Lipinski definition) is 0. The number of likely N-dealkylation sites (tertiary alicyclic amines) is 1. The highest BCUT2D eigenvalue weighted by Crippen LogP contribution is 2.53. The van der Waals surface area contributed by atoms with Gasteiger partial charge in [-0.1, -0.05) is 12.1 Å². The molecule has 4 heteroatoms. The number of carbonyl (C=O) groups is 1. The van der Waals surface area contributed by atoms with Gasteiger partial charge < -0.3 is 14.7 Å². The van der Waals surface area contributed by atoms with Gasteiger partial charge in [0.1, 0.15) is 6.04 Å². The average molecular weight is 356 g/mol. The summed E-state index contributed by atoms with van der Waals surface area (Å²) in [6.45, 7) is 10.5. The van der Waals surface area contributed by atoms with Gasteiger partial charge in [0.25, 0.3) is 0 Å². The number of rotatable bonds is 5. The van der Waals surface area contributed by atoms with Crippen LogP contribution in [0.15, 0.2) is 24.3 Å². The Morgan fingerprint density at radius 2 is 1.81 bits per heavy atom. The molecule has 3 fully saturated rings. The standard InChI is InChI=1S/C22H33N3O/c1-18-5-3-6-20(17-18)25-16-15-24(21(26)19(25)2)12-4-11-23-13-9-22(7-8-22)10-14-23/h3,5-6,17,19H,4,7-16H2,1-2H3. The molecule has 3 aliphatic rings. The molecule has 0 aromatic heterocycles. The Morgan fingerprint density at radius 1 is 1.04 bits per heavy atom. The number of piperidine rings is 1. The first kappa shape index (κ1) is 17.8. The predicted octanol–water partition coefficient (Wildman–Crippen LogP) is 3.30. The normalized spacial score (nSPS) is 25.8. The lowest BCUT2D eigenvalue weighted by molar-refractivity contribution is -0.134. The zero-order valence-corrected chi connectivity index (χ0v) is 16.4. The minimum Gasteiger partial charge on any atom is -0.358 e. The Kier molecular flexibility index (Phi) is 4.96. The van der Waals surface area contributed by atoms with Crippen LogP contribution in [0.3, 0.4) is 0 Å². The van der Waals surface area contributed by atoms with Crippen molar-refractivity contribution < 1.29 is 4.79 Å². The van der Waals surface area contributed by atoms with Crippen LogP contribution in [0.25, 0.3) is 0 Å². The summed E-state index contributed by atoms with van der Waals surface area (Å²) >= 11 is 0. The smallest absolute Gasteiger partial charge is 0.245 e. The molecule has 1 aromatic carbocycles. The van der Waals surface area contributed by atoms with Gasteiger partial charge in [-0.3, -0.25) is 4.79 Å². The molecule has 1 unspecified atom stereocenters. The summed E-state index contributed by atoms with van der Waals surface area (Å²) in [5.74, 6) is 0.285. The first-order chi connectivity index (χ1) is 12.6. The zero-order chi connectivity index (χ0) is 18.1. The third-order valence-electron chi connectivity index (χ3n) is 6.86. The number of hydrogen-bond acceptors (Lipinski definition) is 3. The number of aryl methyl sites for hydroxylation is 1. The van der Waals surface area contributed by atoms with E-state index in [0.29, 0.717) is 0 Å². The van der Waals surface area contributed by atoms with Crippen LogP contribution in [0.5, 0.6) is 0 Å². The quantitative estimate of drug-likeness (QED) is 0.811. The van der Waals surface area contributed by atoms with Crippen LogP contribution in [0.4, 0.5) is 5.69 Å². The van der Waals surface area contributed by atoms with Crippen molar-refractivity contribution in [3.63, 3.8) is 0 Å². The van der Waals surface area contributed by atoms with E-state index in [4.69, 9.17) is 0 Å². The van der Waals surface area contributed by atoms with Crippen LogP contribution in [-0.2, 0) is 4.79 Å². The summed E-state index contributed by atoms with van der Waals surface area (Å²) in [5, 5.41) is 0. The summed E-state index contributed by atoms with van der Waals surface area (Å²) in [5.41, 5.74) is 3.18. The molecule has 1 atom stereocenters. The fraction of sp³-hybridized carbons (Fsp3) is 0.682. The summed E-state index contributed by atoms with van der Waals surface area (Å²) in [6, 6.07) is 8.43. The van der Waals surface area contributed by atoms with Gasteiger partial charge >= 0.3 is 0 Å². The van der Waals surface area contributed by atoms with Crippen molar-refractivity contribution in [2.24, 2.45) is 5.41 Å². The number of carbonyl (C=O) groups excluding carboxylic acids is 1. The zero-order valence-electron chi connectivity index (χ0n) is 16.4. The number of piperazine rings is 1. The van der Waals surface area contributed by atoms with Crippen molar-refractivity contribution in [1.29, 1.82) is 0 Å². The van der Waals surface area contributed by atoms with E-state index in [1.165, 1.54) is 50.0 Å². The average Bonchev–Trinajstić information content (AvgIpc) is 3.40. The predicted molar refractivity (Wildman–Crippen MR) is 107 cm³/mol. The minimum absolute atomic E-state index is 0.0599. The van der Waals surface area contributed by atoms with Gasteiger partial charge in [0.05, 0.1) is 0 Å². The summed E-state index contributed by atoms with van der Waals surface area (Å²) in [6.07, 6.45) is 6.85. The van der Waals surface area contributed by atoms with Crippen molar-refractivity contribution >= 4 is 11.6 Å². The third-order valence-corrected chi connectivity index (χ3v) is 6.86. The van der Waals surface area contributed by atoms with Crippen molar-refractivity contribution in [3.05, 3.63) is 29.8 Å².